The van der Waals surface area contributed by atoms with E-state index in [1.165, 1.54) is 11.8 Å². The Balaban J connectivity index is 1.16. The Hall–Kier alpha value is -3.21. The number of aromatic nitrogens is 1. The van der Waals surface area contributed by atoms with Gasteiger partial charge in [0.25, 0.3) is 0 Å². The van der Waals surface area contributed by atoms with Gasteiger partial charge >= 0.3 is 0 Å². The summed E-state index contributed by atoms with van der Waals surface area (Å²) in [6, 6.07) is 6.92. The van der Waals surface area contributed by atoms with Gasteiger partial charge in [-0.15, -0.1) is 11.8 Å². The number of piperidine rings is 1. The van der Waals surface area contributed by atoms with Crippen molar-refractivity contribution in [2.75, 3.05) is 42.0 Å². The van der Waals surface area contributed by atoms with Crippen molar-refractivity contribution < 1.29 is 28.4 Å². The van der Waals surface area contributed by atoms with Crippen LogP contribution in [0.1, 0.15) is 18.6 Å². The topological polar surface area (TPSA) is 123 Å². The SMILES string of the molecule is Cc1cc(NC(=O)CSCC(=O)N2CCC(C(=O)Nc3ccc4c(c3)OCO4)CC2)no1. The highest BCUT2D eigenvalue weighted by Crippen LogP contribution is 2.34. The molecule has 2 aliphatic heterocycles. The largest absolute Gasteiger partial charge is 0.454 e. The van der Waals surface area contributed by atoms with Crippen molar-refractivity contribution in [2.45, 2.75) is 19.8 Å². The molecule has 2 aromatic rings. The molecule has 32 heavy (non-hydrogen) atoms. The number of benzene rings is 1. The molecule has 0 saturated carbocycles. The number of aryl methyl sites for hydroxylation is 1. The lowest BCUT2D eigenvalue weighted by Crippen LogP contribution is -2.42. The van der Waals surface area contributed by atoms with Gasteiger partial charge in [-0.05, 0) is 31.9 Å². The molecule has 0 bridgehead atoms. The van der Waals surface area contributed by atoms with Crippen molar-refractivity contribution in [3.63, 3.8) is 0 Å². The van der Waals surface area contributed by atoms with E-state index < -0.39 is 0 Å². The standard InChI is InChI=1S/C21H24N4O6S/c1-13-8-18(24-31-13)23-19(26)10-32-11-20(27)25-6-4-14(5-7-25)21(28)22-15-2-3-16-17(9-15)30-12-29-16/h2-3,8-9,14H,4-7,10-12H2,1H3,(H,22,28)(H,23,24,26). The molecule has 10 nitrogen and oxygen atoms in total. The molecular weight excluding hydrogens is 436 g/mol. The van der Waals surface area contributed by atoms with Gasteiger partial charge in [0.2, 0.25) is 24.5 Å². The summed E-state index contributed by atoms with van der Waals surface area (Å²) in [6.45, 7) is 2.95. The molecule has 2 N–H and O–H groups in total. The van der Waals surface area contributed by atoms with Crippen molar-refractivity contribution in [3.05, 3.63) is 30.0 Å². The third kappa shape index (κ3) is 5.52. The molecule has 1 fully saturated rings. The van der Waals surface area contributed by atoms with Crippen molar-refractivity contribution in [3.8, 4) is 11.5 Å². The minimum absolute atomic E-state index is 0.0327. The summed E-state index contributed by atoms with van der Waals surface area (Å²) < 4.78 is 15.5. The van der Waals surface area contributed by atoms with E-state index in [9.17, 15) is 14.4 Å². The third-order valence-corrected chi connectivity index (χ3v) is 6.13. The number of rotatable bonds is 7. The Morgan fingerprint density at radius 2 is 1.88 bits per heavy atom. The predicted octanol–water partition coefficient (Wildman–Crippen LogP) is 2.26. The van der Waals surface area contributed by atoms with Crippen LogP contribution in [0.15, 0.2) is 28.8 Å². The number of hydrogen-bond donors (Lipinski definition) is 2. The molecule has 2 aliphatic rings. The zero-order chi connectivity index (χ0) is 22.5. The van der Waals surface area contributed by atoms with Gasteiger partial charge in [0.15, 0.2) is 17.3 Å². The number of amides is 3. The molecule has 0 unspecified atom stereocenters. The molecule has 1 aromatic carbocycles. The van der Waals surface area contributed by atoms with Crippen molar-refractivity contribution in [1.29, 1.82) is 0 Å². The van der Waals surface area contributed by atoms with Crippen LogP contribution in [0.25, 0.3) is 0 Å². The van der Waals surface area contributed by atoms with Gasteiger partial charge in [-0.2, -0.15) is 0 Å². The molecular formula is C21H24N4O6S. The van der Waals surface area contributed by atoms with Crippen LogP contribution < -0.4 is 20.1 Å². The minimum Gasteiger partial charge on any atom is -0.454 e. The van der Waals surface area contributed by atoms with Gasteiger partial charge in [-0.3, -0.25) is 14.4 Å². The van der Waals surface area contributed by atoms with Crippen molar-refractivity contribution in [2.24, 2.45) is 5.92 Å². The molecule has 0 aliphatic carbocycles. The summed E-state index contributed by atoms with van der Waals surface area (Å²) in [4.78, 5) is 38.7. The lowest BCUT2D eigenvalue weighted by Gasteiger charge is -2.31. The van der Waals surface area contributed by atoms with Crippen LogP contribution in [0, 0.1) is 12.8 Å². The number of fused-ring (bicyclic) bond motifs is 1. The smallest absolute Gasteiger partial charge is 0.235 e. The number of likely N-dealkylation sites (tertiary alicyclic amines) is 1. The number of nitrogens with zero attached hydrogens (tertiary/aromatic N) is 2. The maximum Gasteiger partial charge on any atom is 0.235 e. The van der Waals surface area contributed by atoms with Crippen LogP contribution in [0.2, 0.25) is 0 Å². The van der Waals surface area contributed by atoms with Crippen molar-refractivity contribution in [1.82, 2.24) is 10.1 Å². The fourth-order valence-corrected chi connectivity index (χ4v) is 4.25. The Bertz CT molecular complexity index is 1000. The normalized spacial score (nSPS) is 15.5. The van der Waals surface area contributed by atoms with E-state index >= 15 is 0 Å². The molecule has 11 heteroatoms. The summed E-state index contributed by atoms with van der Waals surface area (Å²) >= 11 is 1.24. The zero-order valence-electron chi connectivity index (χ0n) is 17.6. The van der Waals surface area contributed by atoms with Crippen LogP contribution in [-0.2, 0) is 14.4 Å². The van der Waals surface area contributed by atoms with Gasteiger partial charge in [0.1, 0.15) is 5.76 Å². The Morgan fingerprint density at radius 1 is 1.09 bits per heavy atom. The first-order valence-corrected chi connectivity index (χ1v) is 11.4. The van der Waals surface area contributed by atoms with Gasteiger partial charge in [-0.1, -0.05) is 5.16 Å². The zero-order valence-corrected chi connectivity index (χ0v) is 18.4. The van der Waals surface area contributed by atoms with E-state index in [-0.39, 0.29) is 41.9 Å². The lowest BCUT2D eigenvalue weighted by molar-refractivity contribution is -0.132. The van der Waals surface area contributed by atoms with Crippen LogP contribution >= 0.6 is 11.8 Å². The Labute approximate surface area is 189 Å². The monoisotopic (exact) mass is 460 g/mol. The number of hydrogen-bond acceptors (Lipinski definition) is 8. The van der Waals surface area contributed by atoms with Crippen LogP contribution in [-0.4, -0.2) is 59.2 Å². The predicted molar refractivity (Wildman–Crippen MR) is 118 cm³/mol. The van der Waals surface area contributed by atoms with E-state index in [1.807, 2.05) is 0 Å². The first-order valence-electron chi connectivity index (χ1n) is 10.3. The fraction of sp³-hybridized carbons (Fsp3) is 0.429. The molecule has 3 amide bonds. The van der Waals surface area contributed by atoms with E-state index in [4.69, 9.17) is 14.0 Å². The number of ether oxygens (including phenoxy) is 2. The van der Waals surface area contributed by atoms with Crippen LogP contribution in [0.4, 0.5) is 11.5 Å². The summed E-state index contributed by atoms with van der Waals surface area (Å²) in [5, 5.41) is 9.23. The van der Waals surface area contributed by atoms with E-state index in [0.717, 1.165) is 0 Å². The van der Waals surface area contributed by atoms with Crippen molar-refractivity contribution >= 4 is 41.0 Å². The highest BCUT2D eigenvalue weighted by Gasteiger charge is 2.27. The molecule has 0 atom stereocenters. The molecule has 1 aromatic heterocycles. The molecule has 170 valence electrons. The fourth-order valence-electron chi connectivity index (χ4n) is 3.54. The van der Waals surface area contributed by atoms with E-state index in [0.29, 0.717) is 54.7 Å². The minimum atomic E-state index is -0.241. The average Bonchev–Trinajstić information content (AvgIpc) is 3.41. The number of carbonyl (C=O) groups excluding carboxylic acids is 3. The molecule has 4 rings (SSSR count). The van der Waals surface area contributed by atoms with Crippen LogP contribution in [0.5, 0.6) is 11.5 Å². The highest BCUT2D eigenvalue weighted by atomic mass is 32.2. The van der Waals surface area contributed by atoms with Gasteiger partial charge < -0.3 is 29.5 Å². The number of nitrogens with one attached hydrogen (secondary N) is 2. The maximum absolute atomic E-state index is 12.6. The highest BCUT2D eigenvalue weighted by molar-refractivity contribution is 8.00. The first-order chi connectivity index (χ1) is 15.5. The number of carbonyl (C=O) groups is 3. The molecule has 0 radical (unpaired) electrons. The summed E-state index contributed by atoms with van der Waals surface area (Å²) in [5.74, 6) is 2.11. The summed E-state index contributed by atoms with van der Waals surface area (Å²) in [6.07, 6.45) is 1.19. The average molecular weight is 461 g/mol. The molecule has 0 spiro atoms. The quantitative estimate of drug-likeness (QED) is 0.645. The van der Waals surface area contributed by atoms with E-state index in [2.05, 4.69) is 15.8 Å². The molecule has 3 heterocycles. The Kier molecular flexibility index (Phi) is 6.84. The second-order valence-electron chi connectivity index (χ2n) is 7.58. The maximum atomic E-state index is 12.6. The first kappa shape index (κ1) is 22.0. The summed E-state index contributed by atoms with van der Waals surface area (Å²) in [5.41, 5.74) is 0.660. The molecule has 1 saturated heterocycles. The van der Waals surface area contributed by atoms with Gasteiger partial charge in [-0.25, -0.2) is 0 Å². The number of thioether (sulfide) groups is 1. The van der Waals surface area contributed by atoms with Crippen LogP contribution in [0.3, 0.4) is 0 Å². The third-order valence-electron chi connectivity index (χ3n) is 5.21. The van der Waals surface area contributed by atoms with Gasteiger partial charge in [0.05, 0.1) is 11.5 Å². The van der Waals surface area contributed by atoms with Gasteiger partial charge in [0, 0.05) is 36.8 Å². The summed E-state index contributed by atoms with van der Waals surface area (Å²) in [7, 11) is 0. The van der Waals surface area contributed by atoms with E-state index in [1.54, 1.807) is 36.1 Å². The number of anilines is 2. The second kappa shape index (κ2) is 9.94. The Morgan fingerprint density at radius 3 is 2.62 bits per heavy atom. The lowest BCUT2D eigenvalue weighted by atomic mass is 9.96. The second-order valence-corrected chi connectivity index (χ2v) is 8.56.